The minimum Gasteiger partial charge on any atom is -0.461 e. The Labute approximate surface area is 137 Å². The Hall–Kier alpha value is -2.11. The second-order valence-electron chi connectivity index (χ2n) is 4.21. The summed E-state index contributed by atoms with van der Waals surface area (Å²) in [6, 6.07) is 9.22. The molecular formula is C15H12Cl2N2O3. The zero-order valence-corrected chi connectivity index (χ0v) is 13.1. The van der Waals surface area contributed by atoms with Crippen molar-refractivity contribution in [2.24, 2.45) is 0 Å². The number of carbonyl (C=O) groups excluding carboxylic acids is 2. The van der Waals surface area contributed by atoms with Crippen LogP contribution in [0.5, 0.6) is 0 Å². The summed E-state index contributed by atoms with van der Waals surface area (Å²) in [5.41, 5.74) is 0.549. The van der Waals surface area contributed by atoms with Crippen molar-refractivity contribution in [3.05, 3.63) is 57.8 Å². The number of ether oxygens (including phenoxy) is 1. The van der Waals surface area contributed by atoms with Gasteiger partial charge < -0.3 is 10.1 Å². The largest absolute Gasteiger partial charge is 0.461 e. The van der Waals surface area contributed by atoms with E-state index in [4.69, 9.17) is 27.9 Å². The van der Waals surface area contributed by atoms with Crippen LogP contribution in [0.25, 0.3) is 0 Å². The predicted molar refractivity (Wildman–Crippen MR) is 84.6 cm³/mol. The lowest BCUT2D eigenvalue weighted by molar-refractivity contribution is 0.0519. The topological polar surface area (TPSA) is 68.3 Å². The van der Waals surface area contributed by atoms with Crippen molar-refractivity contribution in [1.29, 1.82) is 0 Å². The van der Waals surface area contributed by atoms with E-state index in [-0.39, 0.29) is 18.0 Å². The van der Waals surface area contributed by atoms with Gasteiger partial charge in [0.25, 0.3) is 5.91 Å². The molecule has 5 nitrogen and oxygen atoms in total. The highest BCUT2D eigenvalue weighted by Crippen LogP contribution is 2.25. The van der Waals surface area contributed by atoms with Gasteiger partial charge in [-0.25, -0.2) is 9.78 Å². The molecule has 0 fully saturated rings. The molecule has 22 heavy (non-hydrogen) atoms. The fourth-order valence-corrected chi connectivity index (χ4v) is 2.11. The molecule has 1 aromatic heterocycles. The SMILES string of the molecule is CCOC(=O)c1cccc(C(=O)Nc2ccc(Cl)cc2Cl)n1. The number of benzene rings is 1. The summed E-state index contributed by atoms with van der Waals surface area (Å²) in [6.45, 7) is 1.92. The van der Waals surface area contributed by atoms with Crippen molar-refractivity contribution in [1.82, 2.24) is 4.98 Å². The average molecular weight is 339 g/mol. The van der Waals surface area contributed by atoms with Gasteiger partial charge in [0.1, 0.15) is 11.4 Å². The van der Waals surface area contributed by atoms with Crippen LogP contribution in [-0.2, 0) is 4.74 Å². The molecule has 0 radical (unpaired) electrons. The van der Waals surface area contributed by atoms with Crippen molar-refractivity contribution in [3.8, 4) is 0 Å². The quantitative estimate of drug-likeness (QED) is 0.860. The molecule has 1 aromatic carbocycles. The summed E-state index contributed by atoms with van der Waals surface area (Å²) in [4.78, 5) is 27.8. The van der Waals surface area contributed by atoms with Crippen LogP contribution in [0.1, 0.15) is 27.9 Å². The van der Waals surface area contributed by atoms with E-state index < -0.39 is 11.9 Å². The van der Waals surface area contributed by atoms with Crippen molar-refractivity contribution in [3.63, 3.8) is 0 Å². The third-order valence-corrected chi connectivity index (χ3v) is 3.19. The first kappa shape index (κ1) is 16.3. The lowest BCUT2D eigenvalue weighted by atomic mass is 10.2. The molecule has 1 N–H and O–H groups in total. The molecule has 0 bridgehead atoms. The minimum absolute atomic E-state index is 0.0664. The van der Waals surface area contributed by atoms with Gasteiger partial charge in [0.05, 0.1) is 17.3 Å². The number of nitrogens with one attached hydrogen (secondary N) is 1. The Balaban J connectivity index is 2.19. The van der Waals surface area contributed by atoms with Crippen molar-refractivity contribution < 1.29 is 14.3 Å². The molecule has 2 aromatic rings. The number of carbonyl (C=O) groups is 2. The standard InChI is InChI=1S/C15H12Cl2N2O3/c1-2-22-15(21)13-5-3-4-12(18-13)14(20)19-11-7-6-9(16)8-10(11)17/h3-8H,2H2,1H3,(H,19,20). The fourth-order valence-electron chi connectivity index (χ4n) is 1.66. The highest BCUT2D eigenvalue weighted by atomic mass is 35.5. The number of rotatable bonds is 4. The number of halogens is 2. The number of hydrogen-bond donors (Lipinski definition) is 1. The lowest BCUT2D eigenvalue weighted by Crippen LogP contribution is -2.16. The van der Waals surface area contributed by atoms with E-state index in [2.05, 4.69) is 10.3 Å². The van der Waals surface area contributed by atoms with E-state index in [1.807, 2.05) is 0 Å². The maximum atomic E-state index is 12.2. The summed E-state index contributed by atoms with van der Waals surface area (Å²) >= 11 is 11.8. The van der Waals surface area contributed by atoms with Crippen LogP contribution >= 0.6 is 23.2 Å². The zero-order valence-electron chi connectivity index (χ0n) is 11.6. The Morgan fingerprint density at radius 3 is 2.59 bits per heavy atom. The smallest absolute Gasteiger partial charge is 0.356 e. The van der Waals surface area contributed by atoms with E-state index in [0.717, 1.165) is 0 Å². The third-order valence-electron chi connectivity index (χ3n) is 2.65. The maximum absolute atomic E-state index is 12.2. The van der Waals surface area contributed by atoms with E-state index in [1.54, 1.807) is 25.1 Å². The lowest BCUT2D eigenvalue weighted by Gasteiger charge is -2.08. The number of aromatic nitrogens is 1. The summed E-state index contributed by atoms with van der Waals surface area (Å²) in [7, 11) is 0. The van der Waals surface area contributed by atoms with Gasteiger partial charge in [0.2, 0.25) is 0 Å². The van der Waals surface area contributed by atoms with E-state index in [0.29, 0.717) is 15.7 Å². The minimum atomic E-state index is -0.582. The molecule has 0 aliphatic heterocycles. The average Bonchev–Trinajstić information content (AvgIpc) is 2.50. The molecule has 7 heteroatoms. The van der Waals surface area contributed by atoms with Gasteiger partial charge in [-0.05, 0) is 37.3 Å². The molecular weight excluding hydrogens is 327 g/mol. The number of amides is 1. The van der Waals surface area contributed by atoms with Gasteiger partial charge in [-0.15, -0.1) is 0 Å². The second kappa shape index (κ2) is 7.24. The van der Waals surface area contributed by atoms with E-state index in [1.165, 1.54) is 18.2 Å². The van der Waals surface area contributed by atoms with Gasteiger partial charge >= 0.3 is 5.97 Å². The third kappa shape index (κ3) is 3.96. The number of anilines is 1. The van der Waals surface area contributed by atoms with Crippen LogP contribution < -0.4 is 5.32 Å². The molecule has 0 aliphatic carbocycles. The van der Waals surface area contributed by atoms with Gasteiger partial charge in [-0.2, -0.15) is 0 Å². The Kier molecular flexibility index (Phi) is 5.35. The normalized spacial score (nSPS) is 10.1. The van der Waals surface area contributed by atoms with Crippen molar-refractivity contribution in [2.45, 2.75) is 6.92 Å². The van der Waals surface area contributed by atoms with Gasteiger partial charge in [0.15, 0.2) is 0 Å². The molecule has 0 atom stereocenters. The van der Waals surface area contributed by atoms with Crippen molar-refractivity contribution in [2.75, 3.05) is 11.9 Å². The Morgan fingerprint density at radius 2 is 1.91 bits per heavy atom. The number of hydrogen-bond acceptors (Lipinski definition) is 4. The molecule has 2 rings (SSSR count). The molecule has 1 amide bonds. The fraction of sp³-hybridized carbons (Fsp3) is 0.133. The zero-order chi connectivity index (χ0) is 16.1. The molecule has 0 unspecified atom stereocenters. The predicted octanol–water partition coefficient (Wildman–Crippen LogP) is 3.82. The van der Waals surface area contributed by atoms with Crippen molar-refractivity contribution >= 4 is 40.8 Å². The summed E-state index contributed by atoms with van der Waals surface area (Å²) in [5.74, 6) is -1.07. The van der Waals surface area contributed by atoms with Crippen LogP contribution in [0.2, 0.25) is 10.0 Å². The molecule has 0 saturated carbocycles. The molecule has 1 heterocycles. The van der Waals surface area contributed by atoms with Gasteiger partial charge in [-0.1, -0.05) is 29.3 Å². The highest BCUT2D eigenvalue weighted by Gasteiger charge is 2.14. The van der Waals surface area contributed by atoms with Crippen LogP contribution in [-0.4, -0.2) is 23.5 Å². The molecule has 0 saturated heterocycles. The Morgan fingerprint density at radius 1 is 1.18 bits per heavy atom. The summed E-state index contributed by atoms with van der Waals surface area (Å²) < 4.78 is 4.84. The molecule has 0 spiro atoms. The highest BCUT2D eigenvalue weighted by molar-refractivity contribution is 6.36. The van der Waals surface area contributed by atoms with Crippen LogP contribution in [0.15, 0.2) is 36.4 Å². The first-order valence-electron chi connectivity index (χ1n) is 6.42. The number of pyridine rings is 1. The van der Waals surface area contributed by atoms with Gasteiger partial charge in [0, 0.05) is 5.02 Å². The summed E-state index contributed by atoms with van der Waals surface area (Å²) in [5, 5.41) is 3.38. The van der Waals surface area contributed by atoms with Gasteiger partial charge in [-0.3, -0.25) is 4.79 Å². The summed E-state index contributed by atoms with van der Waals surface area (Å²) in [6.07, 6.45) is 0. The van der Waals surface area contributed by atoms with E-state index in [9.17, 15) is 9.59 Å². The van der Waals surface area contributed by atoms with Crippen LogP contribution in [0.3, 0.4) is 0 Å². The first-order chi connectivity index (χ1) is 10.5. The molecule has 0 aliphatic rings. The van der Waals surface area contributed by atoms with E-state index >= 15 is 0 Å². The monoisotopic (exact) mass is 338 g/mol. The van der Waals surface area contributed by atoms with Crippen LogP contribution in [0.4, 0.5) is 5.69 Å². The number of nitrogens with zero attached hydrogens (tertiary/aromatic N) is 1. The Bertz CT molecular complexity index is 720. The molecule has 114 valence electrons. The maximum Gasteiger partial charge on any atom is 0.356 e. The first-order valence-corrected chi connectivity index (χ1v) is 7.17. The second-order valence-corrected chi connectivity index (χ2v) is 5.05. The van der Waals surface area contributed by atoms with Crippen LogP contribution in [0, 0.1) is 0 Å². The number of esters is 1.